The zero-order valence-electron chi connectivity index (χ0n) is 29.4. The van der Waals surface area contributed by atoms with Crippen molar-refractivity contribution in [1.82, 2.24) is 16.0 Å². The fraction of sp³-hybridized carbons (Fsp3) is 0.308. The number of esters is 1. The molecule has 0 saturated carbocycles. The standard InChI is InChI=1S/C39H44N6O7/c1-24(41-21-25(2)44-39(48)52-23-36-32-10-6-4-8-30(32)31-9-5-7-11-33(31)36)20-42-28(18-37(40)46)22-43-27-14-12-26(13-15-27)35-19-29(45(49)50)16-17-34(35)38(47)51-3/h4-17,19,24-25,28,36,41-43H,18,20-23H2,1-3H3,(H2,40,46)(H,44,48)/t24-,25-,28+/m1/s1. The summed E-state index contributed by atoms with van der Waals surface area (Å²) >= 11 is 0. The summed E-state index contributed by atoms with van der Waals surface area (Å²) in [5.41, 5.74) is 12.0. The molecule has 0 aromatic heterocycles. The van der Waals surface area contributed by atoms with Gasteiger partial charge in [-0.2, -0.15) is 0 Å². The van der Waals surface area contributed by atoms with Crippen LogP contribution in [0.15, 0.2) is 91.0 Å². The minimum absolute atomic E-state index is 0.000332. The Morgan fingerprint density at radius 3 is 2.08 bits per heavy atom. The van der Waals surface area contributed by atoms with Gasteiger partial charge in [0.2, 0.25) is 5.91 Å². The zero-order chi connectivity index (χ0) is 37.2. The highest BCUT2D eigenvalue weighted by molar-refractivity contribution is 5.98. The summed E-state index contributed by atoms with van der Waals surface area (Å²) in [5.74, 6) is -1.06. The normalized spacial score (nSPS) is 13.6. The molecule has 4 aromatic rings. The van der Waals surface area contributed by atoms with E-state index in [1.807, 2.05) is 38.1 Å². The van der Waals surface area contributed by atoms with E-state index in [0.29, 0.717) is 30.8 Å². The molecule has 1 aliphatic carbocycles. The number of ether oxygens (including phenoxy) is 2. The first-order valence-corrected chi connectivity index (χ1v) is 17.1. The number of amides is 2. The van der Waals surface area contributed by atoms with Crippen LogP contribution in [-0.4, -0.2) is 74.4 Å². The van der Waals surface area contributed by atoms with E-state index >= 15 is 0 Å². The number of carbonyl (C=O) groups excluding carboxylic acids is 3. The van der Waals surface area contributed by atoms with Crippen molar-refractivity contribution in [2.75, 3.05) is 38.7 Å². The molecule has 3 atom stereocenters. The van der Waals surface area contributed by atoms with E-state index in [2.05, 4.69) is 45.5 Å². The lowest BCUT2D eigenvalue weighted by atomic mass is 9.98. The first-order valence-electron chi connectivity index (χ1n) is 17.1. The smallest absolute Gasteiger partial charge is 0.407 e. The molecule has 0 saturated heterocycles. The van der Waals surface area contributed by atoms with Crippen molar-refractivity contribution in [2.45, 2.75) is 44.3 Å². The van der Waals surface area contributed by atoms with Gasteiger partial charge in [-0.25, -0.2) is 9.59 Å². The summed E-state index contributed by atoms with van der Waals surface area (Å²) in [7, 11) is 1.25. The lowest BCUT2D eigenvalue weighted by molar-refractivity contribution is -0.384. The molecule has 0 unspecified atom stereocenters. The first kappa shape index (κ1) is 37.5. The number of nitro benzene ring substituents is 1. The van der Waals surface area contributed by atoms with E-state index in [1.165, 1.54) is 36.4 Å². The topological polar surface area (TPSA) is 187 Å². The maximum absolute atomic E-state index is 12.7. The van der Waals surface area contributed by atoms with Crippen molar-refractivity contribution in [3.05, 3.63) is 118 Å². The Bertz CT molecular complexity index is 1860. The van der Waals surface area contributed by atoms with Crippen molar-refractivity contribution in [3.8, 4) is 22.3 Å². The van der Waals surface area contributed by atoms with E-state index in [4.69, 9.17) is 15.2 Å². The molecule has 0 bridgehead atoms. The number of primary amides is 1. The van der Waals surface area contributed by atoms with E-state index in [0.717, 1.165) is 16.8 Å². The summed E-state index contributed by atoms with van der Waals surface area (Å²) in [4.78, 5) is 47.7. The Kier molecular flexibility index (Phi) is 12.6. The number of methoxy groups -OCH3 is 1. The Morgan fingerprint density at radius 1 is 0.827 bits per heavy atom. The van der Waals surface area contributed by atoms with Gasteiger partial charge in [-0.15, -0.1) is 0 Å². The van der Waals surface area contributed by atoms with Crippen molar-refractivity contribution in [2.24, 2.45) is 5.73 Å². The highest BCUT2D eigenvalue weighted by Gasteiger charge is 2.29. The molecule has 4 aromatic carbocycles. The van der Waals surface area contributed by atoms with Gasteiger partial charge in [-0.1, -0.05) is 60.7 Å². The largest absolute Gasteiger partial charge is 0.465 e. The molecule has 52 heavy (non-hydrogen) atoms. The predicted molar refractivity (Wildman–Crippen MR) is 199 cm³/mol. The Balaban J connectivity index is 1.07. The molecular formula is C39H44N6O7. The van der Waals surface area contributed by atoms with Crippen LogP contribution in [0.4, 0.5) is 16.2 Å². The van der Waals surface area contributed by atoms with E-state index in [1.54, 1.807) is 24.3 Å². The maximum atomic E-state index is 12.7. The molecule has 0 aliphatic heterocycles. The number of non-ortho nitro benzene ring substituents is 1. The van der Waals surface area contributed by atoms with Crippen molar-refractivity contribution in [3.63, 3.8) is 0 Å². The number of alkyl carbamates (subject to hydrolysis) is 1. The third-order valence-electron chi connectivity index (χ3n) is 9.01. The molecule has 272 valence electrons. The van der Waals surface area contributed by atoms with Crippen LogP contribution in [0.5, 0.6) is 0 Å². The SMILES string of the molecule is COC(=O)c1ccc([N+](=O)[O-])cc1-c1ccc(NC[C@H](CC(N)=O)NC[C@@H](C)NC[C@@H](C)NC(=O)OCC2c3ccccc3-c3ccccc32)cc1. The van der Waals surface area contributed by atoms with E-state index in [9.17, 15) is 24.5 Å². The van der Waals surface area contributed by atoms with Crippen LogP contribution < -0.4 is 27.0 Å². The van der Waals surface area contributed by atoms with Gasteiger partial charge < -0.3 is 36.5 Å². The fourth-order valence-electron chi connectivity index (χ4n) is 6.33. The van der Waals surface area contributed by atoms with Crippen LogP contribution in [-0.2, 0) is 14.3 Å². The van der Waals surface area contributed by atoms with Crippen LogP contribution in [0, 0.1) is 10.1 Å². The number of fused-ring (bicyclic) bond motifs is 3. The van der Waals surface area contributed by atoms with Crippen LogP contribution >= 0.6 is 0 Å². The second-order valence-corrected chi connectivity index (χ2v) is 12.9. The lowest BCUT2D eigenvalue weighted by Crippen LogP contribution is -2.48. The van der Waals surface area contributed by atoms with Crippen LogP contribution in [0.25, 0.3) is 22.3 Å². The molecule has 1 aliphatic rings. The molecule has 2 amide bonds. The third-order valence-corrected chi connectivity index (χ3v) is 9.01. The number of hydrogen-bond acceptors (Lipinski definition) is 10. The predicted octanol–water partition coefficient (Wildman–Crippen LogP) is 5.20. The Labute approximate surface area is 302 Å². The third kappa shape index (κ3) is 9.50. The van der Waals surface area contributed by atoms with Gasteiger partial charge in [0.1, 0.15) is 6.61 Å². The quantitative estimate of drug-likeness (QED) is 0.0555. The summed E-state index contributed by atoms with van der Waals surface area (Å²) < 4.78 is 10.5. The van der Waals surface area contributed by atoms with Gasteiger partial charge in [-0.05, 0) is 59.9 Å². The molecule has 0 fully saturated rings. The first-order chi connectivity index (χ1) is 25.0. The van der Waals surface area contributed by atoms with Gasteiger partial charge in [-0.3, -0.25) is 14.9 Å². The highest BCUT2D eigenvalue weighted by atomic mass is 16.6. The molecule has 6 N–H and O–H groups in total. The fourth-order valence-corrected chi connectivity index (χ4v) is 6.33. The highest BCUT2D eigenvalue weighted by Crippen LogP contribution is 2.44. The molecule has 5 rings (SSSR count). The summed E-state index contributed by atoms with van der Waals surface area (Å²) in [5, 5.41) is 24.3. The number of benzene rings is 4. The van der Waals surface area contributed by atoms with Crippen molar-refractivity contribution in [1.29, 1.82) is 0 Å². The van der Waals surface area contributed by atoms with Crippen LogP contribution in [0.2, 0.25) is 0 Å². The molecular weight excluding hydrogens is 664 g/mol. The monoisotopic (exact) mass is 708 g/mol. The number of rotatable bonds is 17. The Morgan fingerprint density at radius 2 is 1.46 bits per heavy atom. The minimum atomic E-state index is -0.600. The zero-order valence-corrected chi connectivity index (χ0v) is 29.4. The average Bonchev–Trinajstić information content (AvgIpc) is 3.47. The van der Waals surface area contributed by atoms with Gasteiger partial charge in [0.05, 0.1) is 17.6 Å². The van der Waals surface area contributed by atoms with Crippen molar-refractivity contribution < 1.29 is 28.8 Å². The number of hydrogen-bond donors (Lipinski definition) is 5. The van der Waals surface area contributed by atoms with Crippen molar-refractivity contribution >= 4 is 29.3 Å². The van der Waals surface area contributed by atoms with E-state index < -0.39 is 22.9 Å². The number of nitrogens with two attached hydrogens (primary N) is 1. The Hall–Kier alpha value is -5.79. The summed E-state index contributed by atoms with van der Waals surface area (Å²) in [6, 6.07) is 27.0. The number of nitrogens with one attached hydrogen (secondary N) is 4. The van der Waals surface area contributed by atoms with Crippen LogP contribution in [0.1, 0.15) is 47.7 Å². The van der Waals surface area contributed by atoms with Gasteiger partial charge in [0.15, 0.2) is 0 Å². The maximum Gasteiger partial charge on any atom is 0.407 e. The summed E-state index contributed by atoms with van der Waals surface area (Å²) in [6.07, 6.45) is -0.371. The number of nitro groups is 1. The van der Waals surface area contributed by atoms with E-state index in [-0.39, 0.29) is 48.3 Å². The van der Waals surface area contributed by atoms with Gasteiger partial charge in [0.25, 0.3) is 5.69 Å². The van der Waals surface area contributed by atoms with Gasteiger partial charge in [0, 0.05) is 73.5 Å². The second kappa shape index (κ2) is 17.4. The second-order valence-electron chi connectivity index (χ2n) is 12.9. The summed E-state index contributed by atoms with van der Waals surface area (Å²) in [6.45, 7) is 5.55. The molecule has 13 heteroatoms. The number of anilines is 1. The molecule has 0 radical (unpaired) electrons. The number of carbonyl (C=O) groups is 3. The average molecular weight is 709 g/mol. The number of nitrogens with zero attached hydrogens (tertiary/aromatic N) is 1. The lowest BCUT2D eigenvalue weighted by Gasteiger charge is -2.23. The van der Waals surface area contributed by atoms with Gasteiger partial charge >= 0.3 is 12.1 Å². The minimum Gasteiger partial charge on any atom is -0.465 e. The molecule has 0 spiro atoms. The van der Waals surface area contributed by atoms with Crippen LogP contribution in [0.3, 0.4) is 0 Å². The molecule has 13 nitrogen and oxygen atoms in total. The molecule has 0 heterocycles.